The molecule has 0 radical (unpaired) electrons. The molecule has 1 saturated heterocycles. The van der Waals surface area contributed by atoms with E-state index in [0.717, 1.165) is 56.2 Å². The van der Waals surface area contributed by atoms with Crippen molar-refractivity contribution in [2.24, 2.45) is 0 Å². The Morgan fingerprint density at radius 1 is 1.19 bits per heavy atom. The molecule has 0 aliphatic carbocycles. The smallest absolute Gasteiger partial charge is 0.0594 e. The molecule has 2 rings (SSSR count). The van der Waals surface area contributed by atoms with E-state index in [-0.39, 0.29) is 0 Å². The third-order valence-corrected chi connectivity index (χ3v) is 2.97. The van der Waals surface area contributed by atoms with Gasteiger partial charge in [0.2, 0.25) is 0 Å². The van der Waals surface area contributed by atoms with E-state index in [4.69, 9.17) is 16.2 Å². The molecule has 4 heteroatoms. The zero-order chi connectivity index (χ0) is 11.4. The molecule has 4 nitrogen and oxygen atoms in total. The van der Waals surface area contributed by atoms with Crippen LogP contribution in [-0.2, 0) is 11.2 Å². The molecule has 0 atom stereocenters. The van der Waals surface area contributed by atoms with Gasteiger partial charge in [-0.05, 0) is 30.2 Å². The van der Waals surface area contributed by atoms with Gasteiger partial charge in [0.1, 0.15) is 0 Å². The SMILES string of the molecule is Nc1ccc(N)c(CCN2CCOCC2)c1. The summed E-state index contributed by atoms with van der Waals surface area (Å²) in [6.45, 7) is 4.74. The fourth-order valence-corrected chi connectivity index (χ4v) is 1.95. The van der Waals surface area contributed by atoms with Crippen LogP contribution in [0.1, 0.15) is 5.56 Å². The highest BCUT2D eigenvalue weighted by Crippen LogP contribution is 2.16. The lowest BCUT2D eigenvalue weighted by Gasteiger charge is -2.26. The van der Waals surface area contributed by atoms with Crippen molar-refractivity contribution in [3.8, 4) is 0 Å². The summed E-state index contributed by atoms with van der Waals surface area (Å²) in [5, 5.41) is 0. The van der Waals surface area contributed by atoms with Crippen molar-refractivity contribution < 1.29 is 4.74 Å². The Morgan fingerprint density at radius 2 is 1.94 bits per heavy atom. The Bertz CT molecular complexity index is 348. The number of nitrogens with two attached hydrogens (primary N) is 2. The summed E-state index contributed by atoms with van der Waals surface area (Å²) in [7, 11) is 0. The number of anilines is 2. The molecule has 16 heavy (non-hydrogen) atoms. The van der Waals surface area contributed by atoms with Crippen LogP contribution in [-0.4, -0.2) is 37.7 Å². The van der Waals surface area contributed by atoms with Gasteiger partial charge in [-0.1, -0.05) is 0 Å². The number of hydrogen-bond donors (Lipinski definition) is 2. The lowest BCUT2D eigenvalue weighted by atomic mass is 10.1. The van der Waals surface area contributed by atoms with Gasteiger partial charge in [0.15, 0.2) is 0 Å². The molecule has 1 fully saturated rings. The first kappa shape index (κ1) is 11.2. The van der Waals surface area contributed by atoms with Crippen molar-refractivity contribution in [2.45, 2.75) is 6.42 Å². The van der Waals surface area contributed by atoms with E-state index >= 15 is 0 Å². The van der Waals surface area contributed by atoms with Crippen molar-refractivity contribution in [3.63, 3.8) is 0 Å². The lowest BCUT2D eigenvalue weighted by Crippen LogP contribution is -2.37. The molecule has 88 valence electrons. The molecule has 1 heterocycles. The number of ether oxygens (including phenoxy) is 1. The van der Waals surface area contributed by atoms with Gasteiger partial charge in [0, 0.05) is 31.0 Å². The first-order chi connectivity index (χ1) is 7.75. The summed E-state index contributed by atoms with van der Waals surface area (Å²) in [5.74, 6) is 0. The van der Waals surface area contributed by atoms with E-state index in [1.807, 2.05) is 18.2 Å². The highest BCUT2D eigenvalue weighted by molar-refractivity contribution is 5.55. The van der Waals surface area contributed by atoms with Crippen LogP contribution in [0.15, 0.2) is 18.2 Å². The monoisotopic (exact) mass is 221 g/mol. The van der Waals surface area contributed by atoms with Gasteiger partial charge in [-0.15, -0.1) is 0 Å². The molecule has 1 aromatic rings. The molecule has 4 N–H and O–H groups in total. The highest BCUT2D eigenvalue weighted by Gasteiger charge is 2.10. The lowest BCUT2D eigenvalue weighted by molar-refractivity contribution is 0.0384. The number of morpholine rings is 1. The van der Waals surface area contributed by atoms with Gasteiger partial charge in [0.25, 0.3) is 0 Å². The number of benzene rings is 1. The van der Waals surface area contributed by atoms with Crippen LogP contribution < -0.4 is 11.5 Å². The molecule has 1 aliphatic heterocycles. The fourth-order valence-electron chi connectivity index (χ4n) is 1.95. The second-order valence-corrected chi connectivity index (χ2v) is 4.16. The van der Waals surface area contributed by atoms with Gasteiger partial charge in [-0.3, -0.25) is 4.90 Å². The zero-order valence-corrected chi connectivity index (χ0v) is 9.48. The Kier molecular flexibility index (Phi) is 3.64. The van der Waals surface area contributed by atoms with Crippen LogP contribution in [0, 0.1) is 0 Å². The molecule has 0 spiro atoms. The van der Waals surface area contributed by atoms with Crippen LogP contribution in [0.2, 0.25) is 0 Å². The second kappa shape index (κ2) is 5.18. The molecular weight excluding hydrogens is 202 g/mol. The van der Waals surface area contributed by atoms with E-state index in [9.17, 15) is 0 Å². The predicted octanol–water partition coefficient (Wildman–Crippen LogP) is 0.726. The maximum atomic E-state index is 5.91. The average Bonchev–Trinajstić information content (AvgIpc) is 2.32. The summed E-state index contributed by atoms with van der Waals surface area (Å²) in [5.41, 5.74) is 14.4. The Labute approximate surface area is 96.2 Å². The largest absolute Gasteiger partial charge is 0.399 e. The van der Waals surface area contributed by atoms with Crippen LogP contribution in [0.5, 0.6) is 0 Å². The number of nitrogens with zero attached hydrogens (tertiary/aromatic N) is 1. The predicted molar refractivity (Wildman–Crippen MR) is 66.2 cm³/mol. The molecular formula is C12H19N3O. The van der Waals surface area contributed by atoms with Crippen molar-refractivity contribution >= 4 is 11.4 Å². The van der Waals surface area contributed by atoms with E-state index in [0.29, 0.717) is 0 Å². The van der Waals surface area contributed by atoms with Crippen LogP contribution in [0.3, 0.4) is 0 Å². The van der Waals surface area contributed by atoms with Gasteiger partial charge >= 0.3 is 0 Å². The van der Waals surface area contributed by atoms with E-state index in [1.165, 1.54) is 0 Å². The van der Waals surface area contributed by atoms with Gasteiger partial charge in [-0.2, -0.15) is 0 Å². The Balaban J connectivity index is 1.90. The van der Waals surface area contributed by atoms with Gasteiger partial charge < -0.3 is 16.2 Å². The molecule has 1 aromatic carbocycles. The number of hydrogen-bond acceptors (Lipinski definition) is 4. The van der Waals surface area contributed by atoms with Crippen molar-refractivity contribution in [3.05, 3.63) is 23.8 Å². The van der Waals surface area contributed by atoms with Crippen LogP contribution in [0.25, 0.3) is 0 Å². The molecule has 0 bridgehead atoms. The maximum absolute atomic E-state index is 5.91. The fraction of sp³-hybridized carbons (Fsp3) is 0.500. The first-order valence-corrected chi connectivity index (χ1v) is 5.69. The molecule has 0 unspecified atom stereocenters. The minimum atomic E-state index is 0.783. The Hall–Kier alpha value is -1.26. The molecule has 0 saturated carbocycles. The quantitative estimate of drug-likeness (QED) is 0.738. The minimum absolute atomic E-state index is 0.783. The summed E-state index contributed by atoms with van der Waals surface area (Å²) >= 11 is 0. The molecule has 0 aromatic heterocycles. The molecule has 1 aliphatic rings. The normalized spacial score (nSPS) is 17.5. The van der Waals surface area contributed by atoms with Crippen molar-refractivity contribution in [1.82, 2.24) is 4.90 Å². The van der Waals surface area contributed by atoms with Crippen LogP contribution >= 0.6 is 0 Å². The molecule has 0 amide bonds. The van der Waals surface area contributed by atoms with Gasteiger partial charge in [0.05, 0.1) is 13.2 Å². The number of rotatable bonds is 3. The maximum Gasteiger partial charge on any atom is 0.0594 e. The standard InChI is InChI=1S/C12H19N3O/c13-11-1-2-12(14)10(9-11)3-4-15-5-7-16-8-6-15/h1-2,9H,3-8,13-14H2. The first-order valence-electron chi connectivity index (χ1n) is 5.69. The summed E-state index contributed by atoms with van der Waals surface area (Å²) in [6.07, 6.45) is 0.955. The third-order valence-electron chi connectivity index (χ3n) is 2.97. The van der Waals surface area contributed by atoms with Crippen LogP contribution in [0.4, 0.5) is 11.4 Å². The summed E-state index contributed by atoms with van der Waals surface area (Å²) < 4.78 is 5.31. The zero-order valence-electron chi connectivity index (χ0n) is 9.48. The van der Waals surface area contributed by atoms with E-state index < -0.39 is 0 Å². The minimum Gasteiger partial charge on any atom is -0.399 e. The topological polar surface area (TPSA) is 64.5 Å². The van der Waals surface area contributed by atoms with E-state index in [1.54, 1.807) is 0 Å². The Morgan fingerprint density at radius 3 is 2.69 bits per heavy atom. The van der Waals surface area contributed by atoms with Crippen molar-refractivity contribution in [2.75, 3.05) is 44.3 Å². The van der Waals surface area contributed by atoms with Crippen molar-refractivity contribution in [1.29, 1.82) is 0 Å². The van der Waals surface area contributed by atoms with E-state index in [2.05, 4.69) is 4.90 Å². The summed E-state index contributed by atoms with van der Waals surface area (Å²) in [4.78, 5) is 2.39. The summed E-state index contributed by atoms with van der Waals surface area (Å²) in [6, 6.07) is 5.69. The second-order valence-electron chi connectivity index (χ2n) is 4.16. The third kappa shape index (κ3) is 2.87. The average molecular weight is 221 g/mol. The highest BCUT2D eigenvalue weighted by atomic mass is 16.5. The van der Waals surface area contributed by atoms with Gasteiger partial charge in [-0.25, -0.2) is 0 Å². The number of nitrogen functional groups attached to an aromatic ring is 2.